The molecule has 0 N–H and O–H groups in total. The molecule has 0 spiro atoms. The summed E-state index contributed by atoms with van der Waals surface area (Å²) in [5.41, 5.74) is 2.35. The van der Waals surface area contributed by atoms with Crippen LogP contribution in [0.4, 0.5) is 0 Å². The smallest absolute Gasteiger partial charge is 0.263 e. The van der Waals surface area contributed by atoms with Gasteiger partial charge in [-0.2, -0.15) is 0 Å². The standard InChI is InChI=1S/C25H32ClNO3/c1-18(30-22-13-9-20(10-14-22)25(2,3)4)24(28)27(17-23-6-5-15-29-23)16-19-7-11-21(26)12-8-19/h7-14,18,23H,5-6,15-17H2,1-4H3. The zero-order chi connectivity index (χ0) is 21.7. The van der Waals surface area contributed by atoms with Crippen molar-refractivity contribution in [2.45, 2.75) is 64.7 Å². The number of hydrogen-bond acceptors (Lipinski definition) is 3. The predicted molar refractivity (Wildman–Crippen MR) is 121 cm³/mol. The van der Waals surface area contributed by atoms with E-state index in [1.165, 1.54) is 5.56 Å². The number of rotatable bonds is 7. The van der Waals surface area contributed by atoms with E-state index in [2.05, 4.69) is 32.9 Å². The molecule has 0 saturated carbocycles. The van der Waals surface area contributed by atoms with E-state index in [-0.39, 0.29) is 17.4 Å². The summed E-state index contributed by atoms with van der Waals surface area (Å²) in [5, 5.41) is 0.686. The maximum absolute atomic E-state index is 13.3. The fourth-order valence-electron chi connectivity index (χ4n) is 3.62. The highest BCUT2D eigenvalue weighted by Crippen LogP contribution is 2.25. The van der Waals surface area contributed by atoms with Gasteiger partial charge in [-0.3, -0.25) is 4.79 Å². The number of amides is 1. The van der Waals surface area contributed by atoms with Crippen LogP contribution in [0.15, 0.2) is 48.5 Å². The van der Waals surface area contributed by atoms with Gasteiger partial charge in [0.2, 0.25) is 0 Å². The summed E-state index contributed by atoms with van der Waals surface area (Å²) in [4.78, 5) is 15.1. The summed E-state index contributed by atoms with van der Waals surface area (Å²) >= 11 is 6.01. The maximum atomic E-state index is 13.3. The van der Waals surface area contributed by atoms with Gasteiger partial charge < -0.3 is 14.4 Å². The van der Waals surface area contributed by atoms with E-state index in [0.717, 1.165) is 25.0 Å². The van der Waals surface area contributed by atoms with Crippen LogP contribution in [0, 0.1) is 0 Å². The van der Waals surface area contributed by atoms with E-state index in [9.17, 15) is 4.79 Å². The van der Waals surface area contributed by atoms with E-state index in [0.29, 0.717) is 23.9 Å². The first-order valence-corrected chi connectivity index (χ1v) is 11.0. The molecule has 0 bridgehead atoms. The topological polar surface area (TPSA) is 38.8 Å². The van der Waals surface area contributed by atoms with Gasteiger partial charge in [0.25, 0.3) is 5.91 Å². The Morgan fingerprint density at radius 2 is 1.83 bits per heavy atom. The molecule has 2 unspecified atom stereocenters. The van der Waals surface area contributed by atoms with Gasteiger partial charge >= 0.3 is 0 Å². The van der Waals surface area contributed by atoms with Crippen molar-refractivity contribution in [2.75, 3.05) is 13.2 Å². The molecular formula is C25H32ClNO3. The molecule has 0 aliphatic carbocycles. The Balaban J connectivity index is 1.69. The minimum absolute atomic E-state index is 0.0413. The molecule has 2 aromatic carbocycles. The van der Waals surface area contributed by atoms with Crippen LogP contribution in [0.2, 0.25) is 5.02 Å². The second-order valence-electron chi connectivity index (χ2n) is 9.01. The summed E-state index contributed by atoms with van der Waals surface area (Å²) in [7, 11) is 0. The Labute approximate surface area is 185 Å². The minimum Gasteiger partial charge on any atom is -0.481 e. The van der Waals surface area contributed by atoms with Crippen molar-refractivity contribution in [2.24, 2.45) is 0 Å². The predicted octanol–water partition coefficient (Wildman–Crippen LogP) is 5.61. The molecular weight excluding hydrogens is 398 g/mol. The van der Waals surface area contributed by atoms with Crippen LogP contribution in [0.3, 0.4) is 0 Å². The Morgan fingerprint density at radius 1 is 1.17 bits per heavy atom. The molecule has 3 rings (SSSR count). The van der Waals surface area contributed by atoms with Gasteiger partial charge in [-0.15, -0.1) is 0 Å². The summed E-state index contributed by atoms with van der Waals surface area (Å²) in [5.74, 6) is 0.660. The second-order valence-corrected chi connectivity index (χ2v) is 9.45. The monoisotopic (exact) mass is 429 g/mol. The molecule has 1 heterocycles. The third kappa shape index (κ3) is 6.23. The van der Waals surface area contributed by atoms with Crippen LogP contribution < -0.4 is 4.74 Å². The number of carbonyl (C=O) groups excluding carboxylic acids is 1. The third-order valence-corrected chi connectivity index (χ3v) is 5.68. The number of carbonyl (C=O) groups is 1. The van der Waals surface area contributed by atoms with Crippen LogP contribution in [0.5, 0.6) is 5.75 Å². The van der Waals surface area contributed by atoms with Gasteiger partial charge in [-0.05, 0) is 60.6 Å². The molecule has 1 fully saturated rings. The number of ether oxygens (including phenoxy) is 2. The lowest BCUT2D eigenvalue weighted by molar-refractivity contribution is -0.140. The lowest BCUT2D eigenvalue weighted by atomic mass is 9.87. The number of benzene rings is 2. The molecule has 2 atom stereocenters. The summed E-state index contributed by atoms with van der Waals surface area (Å²) in [6.07, 6.45) is 1.52. The maximum Gasteiger partial charge on any atom is 0.263 e. The van der Waals surface area contributed by atoms with Gasteiger partial charge in [0.1, 0.15) is 5.75 Å². The Kier molecular flexibility index (Phi) is 7.43. The molecule has 1 aliphatic heterocycles. The van der Waals surface area contributed by atoms with Crippen molar-refractivity contribution in [1.82, 2.24) is 4.90 Å². The third-order valence-electron chi connectivity index (χ3n) is 5.43. The van der Waals surface area contributed by atoms with Crippen LogP contribution in [0.1, 0.15) is 51.7 Å². The second kappa shape index (κ2) is 9.84. The summed E-state index contributed by atoms with van der Waals surface area (Å²) in [6.45, 7) is 10.2. The van der Waals surface area contributed by atoms with Crippen molar-refractivity contribution in [3.05, 3.63) is 64.7 Å². The van der Waals surface area contributed by atoms with Crippen molar-refractivity contribution in [1.29, 1.82) is 0 Å². The molecule has 1 amide bonds. The van der Waals surface area contributed by atoms with Crippen LogP contribution in [0.25, 0.3) is 0 Å². The van der Waals surface area contributed by atoms with E-state index in [1.54, 1.807) is 0 Å². The first kappa shape index (κ1) is 22.6. The Morgan fingerprint density at radius 3 is 2.40 bits per heavy atom. The highest BCUT2D eigenvalue weighted by molar-refractivity contribution is 6.30. The van der Waals surface area contributed by atoms with Crippen LogP contribution in [-0.2, 0) is 21.5 Å². The lowest BCUT2D eigenvalue weighted by Crippen LogP contribution is -2.43. The van der Waals surface area contributed by atoms with E-state index >= 15 is 0 Å². The van der Waals surface area contributed by atoms with Crippen molar-refractivity contribution in [3.8, 4) is 5.75 Å². The van der Waals surface area contributed by atoms with Gasteiger partial charge in [-0.1, -0.05) is 56.6 Å². The summed E-state index contributed by atoms with van der Waals surface area (Å²) in [6, 6.07) is 15.6. The molecule has 30 heavy (non-hydrogen) atoms. The van der Waals surface area contributed by atoms with Crippen LogP contribution in [-0.4, -0.2) is 36.2 Å². The highest BCUT2D eigenvalue weighted by Gasteiger charge is 2.27. The first-order valence-electron chi connectivity index (χ1n) is 10.6. The van der Waals surface area contributed by atoms with Crippen molar-refractivity contribution < 1.29 is 14.3 Å². The fraction of sp³-hybridized carbons (Fsp3) is 0.480. The molecule has 0 aromatic heterocycles. The normalized spacial score (nSPS) is 17.6. The minimum atomic E-state index is -0.584. The zero-order valence-corrected chi connectivity index (χ0v) is 19.1. The first-order chi connectivity index (χ1) is 14.2. The molecule has 1 aliphatic rings. The number of halogens is 1. The molecule has 4 nitrogen and oxygen atoms in total. The highest BCUT2D eigenvalue weighted by atomic mass is 35.5. The van der Waals surface area contributed by atoms with Gasteiger partial charge in [-0.25, -0.2) is 0 Å². The zero-order valence-electron chi connectivity index (χ0n) is 18.4. The molecule has 0 radical (unpaired) electrons. The Hall–Kier alpha value is -2.04. The quantitative estimate of drug-likeness (QED) is 0.574. The number of hydrogen-bond donors (Lipinski definition) is 0. The number of nitrogens with zero attached hydrogens (tertiary/aromatic N) is 1. The lowest BCUT2D eigenvalue weighted by Gasteiger charge is -2.28. The van der Waals surface area contributed by atoms with Gasteiger partial charge in [0.15, 0.2) is 6.10 Å². The van der Waals surface area contributed by atoms with E-state index in [4.69, 9.17) is 21.1 Å². The molecule has 2 aromatic rings. The van der Waals surface area contributed by atoms with E-state index < -0.39 is 6.10 Å². The average molecular weight is 430 g/mol. The molecule has 5 heteroatoms. The molecule has 162 valence electrons. The van der Waals surface area contributed by atoms with E-state index in [1.807, 2.05) is 48.2 Å². The van der Waals surface area contributed by atoms with Crippen molar-refractivity contribution in [3.63, 3.8) is 0 Å². The SMILES string of the molecule is CC(Oc1ccc(C(C)(C)C)cc1)C(=O)N(Cc1ccc(Cl)cc1)CC1CCCO1. The Bertz CT molecular complexity index is 821. The largest absolute Gasteiger partial charge is 0.481 e. The van der Waals surface area contributed by atoms with Gasteiger partial charge in [0, 0.05) is 24.7 Å². The summed E-state index contributed by atoms with van der Waals surface area (Å²) < 4.78 is 11.8. The van der Waals surface area contributed by atoms with Crippen molar-refractivity contribution >= 4 is 17.5 Å². The molecule has 1 saturated heterocycles. The van der Waals surface area contributed by atoms with Gasteiger partial charge in [0.05, 0.1) is 6.10 Å². The van der Waals surface area contributed by atoms with Crippen LogP contribution >= 0.6 is 11.6 Å². The average Bonchev–Trinajstić information content (AvgIpc) is 3.21. The fourth-order valence-corrected chi connectivity index (χ4v) is 3.75.